The largest absolute Gasteiger partial charge is 0.383 e. The van der Waals surface area contributed by atoms with E-state index in [0.717, 1.165) is 23.7 Å². The Labute approximate surface area is 151 Å². The number of para-hydroxylation sites is 1. The fourth-order valence-corrected chi connectivity index (χ4v) is 3.76. The van der Waals surface area contributed by atoms with Crippen LogP contribution in [-0.2, 0) is 11.3 Å². The molecule has 25 heavy (non-hydrogen) atoms. The maximum absolute atomic E-state index is 12.3. The molecule has 2 aromatic heterocycles. The van der Waals surface area contributed by atoms with Crippen LogP contribution >= 0.6 is 11.3 Å². The number of thiazole rings is 1. The summed E-state index contributed by atoms with van der Waals surface area (Å²) in [6.45, 7) is 5.48. The lowest BCUT2D eigenvalue weighted by Crippen LogP contribution is -2.35. The summed E-state index contributed by atoms with van der Waals surface area (Å²) in [5, 5.41) is 6.78. The predicted molar refractivity (Wildman–Crippen MR) is 102 cm³/mol. The fourth-order valence-electron chi connectivity index (χ4n) is 2.94. The Balaban J connectivity index is 1.90. The highest BCUT2D eigenvalue weighted by Gasteiger charge is 2.17. The Bertz CT molecular complexity index is 869. The molecule has 0 aliphatic heterocycles. The molecule has 1 N–H and O–H groups in total. The molecular formula is C19H23N3O2S. The number of nitrogens with zero attached hydrogens (tertiary/aromatic N) is 2. The molecular weight excluding hydrogens is 334 g/mol. The third-order valence-electron chi connectivity index (χ3n) is 4.01. The Morgan fingerprint density at radius 1 is 1.40 bits per heavy atom. The lowest BCUT2D eigenvalue weighted by atomic mass is 10.2. The molecule has 0 fully saturated rings. The molecule has 1 amide bonds. The van der Waals surface area contributed by atoms with E-state index in [4.69, 9.17) is 4.74 Å². The molecule has 0 aliphatic rings. The molecule has 0 spiro atoms. The summed E-state index contributed by atoms with van der Waals surface area (Å²) in [5.41, 5.74) is 2.72. The van der Waals surface area contributed by atoms with Gasteiger partial charge in [-0.05, 0) is 25.5 Å². The number of benzene rings is 1. The van der Waals surface area contributed by atoms with Crippen molar-refractivity contribution in [2.24, 2.45) is 0 Å². The van der Waals surface area contributed by atoms with Crippen molar-refractivity contribution in [1.82, 2.24) is 14.9 Å². The van der Waals surface area contributed by atoms with Crippen molar-refractivity contribution in [3.63, 3.8) is 0 Å². The van der Waals surface area contributed by atoms with Crippen LogP contribution in [0.3, 0.4) is 0 Å². The van der Waals surface area contributed by atoms with Gasteiger partial charge in [-0.25, -0.2) is 4.98 Å². The van der Waals surface area contributed by atoms with Gasteiger partial charge in [0.2, 0.25) is 0 Å². The average Bonchev–Trinajstić information content (AvgIpc) is 3.21. The number of hydrogen-bond acceptors (Lipinski definition) is 4. The first-order chi connectivity index (χ1) is 12.1. The molecule has 2 heterocycles. The zero-order chi connectivity index (χ0) is 17.8. The zero-order valence-corrected chi connectivity index (χ0v) is 15.6. The standard InChI is InChI=1S/C19H23N3O2S/c1-4-9-22-16-8-6-5-7-14(16)10-17(22)19-21-15(12-25-19)18(23)20-13(2)11-24-3/h5-8,10,12-13H,4,9,11H2,1-3H3,(H,20,23). The molecule has 1 aromatic carbocycles. The Morgan fingerprint density at radius 3 is 2.96 bits per heavy atom. The predicted octanol–water partition coefficient (Wildman–Crippen LogP) is 3.94. The fraction of sp³-hybridized carbons (Fsp3) is 0.368. The van der Waals surface area contributed by atoms with E-state index >= 15 is 0 Å². The number of ether oxygens (including phenoxy) is 1. The van der Waals surface area contributed by atoms with Gasteiger partial charge in [-0.3, -0.25) is 4.79 Å². The second-order valence-electron chi connectivity index (χ2n) is 6.11. The second-order valence-corrected chi connectivity index (χ2v) is 6.97. The first-order valence-corrected chi connectivity index (χ1v) is 9.36. The van der Waals surface area contributed by atoms with Crippen molar-refractivity contribution in [1.29, 1.82) is 0 Å². The lowest BCUT2D eigenvalue weighted by molar-refractivity contribution is 0.0901. The van der Waals surface area contributed by atoms with E-state index in [0.29, 0.717) is 12.3 Å². The molecule has 0 saturated carbocycles. The Morgan fingerprint density at radius 2 is 2.20 bits per heavy atom. The maximum atomic E-state index is 12.3. The summed E-state index contributed by atoms with van der Waals surface area (Å²) in [6.07, 6.45) is 1.04. The lowest BCUT2D eigenvalue weighted by Gasteiger charge is -2.11. The highest BCUT2D eigenvalue weighted by molar-refractivity contribution is 7.13. The average molecular weight is 357 g/mol. The van der Waals surface area contributed by atoms with Gasteiger partial charge >= 0.3 is 0 Å². The van der Waals surface area contributed by atoms with Gasteiger partial charge in [0.15, 0.2) is 0 Å². The summed E-state index contributed by atoms with van der Waals surface area (Å²) in [5.74, 6) is -0.162. The molecule has 3 rings (SSSR count). The maximum Gasteiger partial charge on any atom is 0.271 e. The van der Waals surface area contributed by atoms with E-state index in [2.05, 4.69) is 46.1 Å². The molecule has 3 aromatic rings. The van der Waals surface area contributed by atoms with Gasteiger partial charge in [-0.2, -0.15) is 0 Å². The molecule has 1 atom stereocenters. The monoisotopic (exact) mass is 357 g/mol. The van der Waals surface area contributed by atoms with Gasteiger partial charge in [-0.1, -0.05) is 25.1 Å². The zero-order valence-electron chi connectivity index (χ0n) is 14.8. The molecule has 1 unspecified atom stereocenters. The molecule has 0 saturated heterocycles. The van der Waals surface area contributed by atoms with Crippen molar-refractivity contribution in [2.45, 2.75) is 32.9 Å². The van der Waals surface area contributed by atoms with Gasteiger partial charge in [0, 0.05) is 36.0 Å². The Kier molecular flexibility index (Phi) is 5.50. The van der Waals surface area contributed by atoms with E-state index < -0.39 is 0 Å². The SMILES string of the molecule is CCCn1c(-c2nc(C(=O)NC(C)COC)cs2)cc2ccccc21. The van der Waals surface area contributed by atoms with E-state index in [1.54, 1.807) is 7.11 Å². The Hall–Kier alpha value is -2.18. The second kappa shape index (κ2) is 7.80. The number of carbonyl (C=O) groups is 1. The highest BCUT2D eigenvalue weighted by atomic mass is 32.1. The molecule has 0 aliphatic carbocycles. The summed E-state index contributed by atoms with van der Waals surface area (Å²) in [7, 11) is 1.62. The first kappa shape index (κ1) is 17.6. The number of hydrogen-bond donors (Lipinski definition) is 1. The van der Waals surface area contributed by atoms with Crippen molar-refractivity contribution < 1.29 is 9.53 Å². The third-order valence-corrected chi connectivity index (χ3v) is 4.87. The van der Waals surface area contributed by atoms with E-state index in [1.807, 2.05) is 18.4 Å². The molecule has 132 valence electrons. The van der Waals surface area contributed by atoms with Crippen LogP contribution in [0.25, 0.3) is 21.6 Å². The third kappa shape index (κ3) is 3.75. The summed E-state index contributed by atoms with van der Waals surface area (Å²) in [6, 6.07) is 10.4. The van der Waals surface area contributed by atoms with Crippen LogP contribution in [0.4, 0.5) is 0 Å². The van der Waals surface area contributed by atoms with Gasteiger partial charge in [0.25, 0.3) is 5.91 Å². The highest BCUT2D eigenvalue weighted by Crippen LogP contribution is 2.30. The molecule has 6 heteroatoms. The van der Waals surface area contributed by atoms with Crippen molar-refractivity contribution in [3.05, 3.63) is 41.4 Å². The molecule has 0 bridgehead atoms. The number of aryl methyl sites for hydroxylation is 1. The number of carbonyl (C=O) groups excluding carboxylic acids is 1. The molecule has 5 nitrogen and oxygen atoms in total. The van der Waals surface area contributed by atoms with Gasteiger partial charge in [-0.15, -0.1) is 11.3 Å². The quantitative estimate of drug-likeness (QED) is 0.697. The number of aromatic nitrogens is 2. The van der Waals surface area contributed by atoms with Crippen molar-refractivity contribution in [3.8, 4) is 10.7 Å². The van der Waals surface area contributed by atoms with E-state index in [-0.39, 0.29) is 11.9 Å². The van der Waals surface area contributed by atoms with Crippen LogP contribution in [0.2, 0.25) is 0 Å². The number of fused-ring (bicyclic) bond motifs is 1. The van der Waals surface area contributed by atoms with E-state index in [9.17, 15) is 4.79 Å². The van der Waals surface area contributed by atoms with Crippen LogP contribution in [-0.4, -0.2) is 35.2 Å². The van der Waals surface area contributed by atoms with Crippen molar-refractivity contribution in [2.75, 3.05) is 13.7 Å². The minimum absolute atomic E-state index is 0.0470. The first-order valence-electron chi connectivity index (χ1n) is 8.48. The molecule has 0 radical (unpaired) electrons. The summed E-state index contributed by atoms with van der Waals surface area (Å²) in [4.78, 5) is 16.9. The summed E-state index contributed by atoms with van der Waals surface area (Å²) < 4.78 is 7.34. The number of rotatable bonds is 7. The van der Waals surface area contributed by atoms with Crippen LogP contribution in [0, 0.1) is 0 Å². The van der Waals surface area contributed by atoms with Crippen molar-refractivity contribution >= 4 is 28.1 Å². The number of amides is 1. The minimum Gasteiger partial charge on any atom is -0.383 e. The van der Waals surface area contributed by atoms with Crippen LogP contribution in [0.15, 0.2) is 35.7 Å². The smallest absolute Gasteiger partial charge is 0.271 e. The topological polar surface area (TPSA) is 56.2 Å². The van der Waals surface area contributed by atoms with Crippen LogP contribution in [0.1, 0.15) is 30.8 Å². The van der Waals surface area contributed by atoms with Gasteiger partial charge < -0.3 is 14.6 Å². The number of nitrogens with one attached hydrogen (secondary N) is 1. The minimum atomic E-state index is -0.162. The van der Waals surface area contributed by atoms with Gasteiger partial charge in [0.1, 0.15) is 10.7 Å². The number of methoxy groups -OCH3 is 1. The van der Waals surface area contributed by atoms with Crippen LogP contribution in [0.5, 0.6) is 0 Å². The summed E-state index contributed by atoms with van der Waals surface area (Å²) >= 11 is 1.50. The van der Waals surface area contributed by atoms with Crippen LogP contribution < -0.4 is 5.32 Å². The van der Waals surface area contributed by atoms with Gasteiger partial charge in [0.05, 0.1) is 12.3 Å². The van der Waals surface area contributed by atoms with E-state index in [1.165, 1.54) is 22.2 Å². The normalized spacial score (nSPS) is 12.4.